The van der Waals surface area contributed by atoms with Gasteiger partial charge in [0.15, 0.2) is 0 Å². The lowest BCUT2D eigenvalue weighted by atomic mass is 10.1. The Morgan fingerprint density at radius 1 is 1.05 bits per heavy atom. The summed E-state index contributed by atoms with van der Waals surface area (Å²) in [5.74, 6) is 0. The second-order valence-corrected chi connectivity index (χ2v) is 6.27. The third-order valence-corrected chi connectivity index (χ3v) is 4.40. The maximum atomic E-state index is 3.19. The van der Waals surface area contributed by atoms with Gasteiger partial charge in [-0.15, -0.1) is 11.3 Å². The molecular weight excluding hydrogens is 264 g/mol. The first kappa shape index (κ1) is 15.2. The molecule has 0 fully saturated rings. The lowest BCUT2D eigenvalue weighted by molar-refractivity contribution is 0.332. The van der Waals surface area contributed by atoms with Crippen LogP contribution in [0.4, 0.5) is 0 Å². The molecular formula is C17H24N2S. The highest BCUT2D eigenvalue weighted by Crippen LogP contribution is 2.11. The Labute approximate surface area is 126 Å². The molecule has 2 rings (SSSR count). The smallest absolute Gasteiger partial charge is 0.0230 e. The zero-order valence-corrected chi connectivity index (χ0v) is 13.2. The van der Waals surface area contributed by atoms with Gasteiger partial charge in [0, 0.05) is 18.0 Å². The van der Waals surface area contributed by atoms with Gasteiger partial charge in [-0.05, 0) is 56.1 Å². The third-order valence-electron chi connectivity index (χ3n) is 3.46. The van der Waals surface area contributed by atoms with Crippen molar-refractivity contribution in [3.05, 3.63) is 57.8 Å². The Morgan fingerprint density at radius 2 is 1.80 bits per heavy atom. The van der Waals surface area contributed by atoms with Crippen molar-refractivity contribution in [2.75, 3.05) is 27.2 Å². The molecule has 1 N–H and O–H groups in total. The van der Waals surface area contributed by atoms with Crippen LogP contribution in [0.5, 0.6) is 0 Å². The van der Waals surface area contributed by atoms with Crippen molar-refractivity contribution in [3.63, 3.8) is 0 Å². The Balaban J connectivity index is 1.77. The number of thiophene rings is 1. The highest BCUT2D eigenvalue weighted by Gasteiger charge is 2.02. The molecule has 1 aromatic carbocycles. The van der Waals surface area contributed by atoms with Crippen LogP contribution < -0.4 is 5.32 Å². The van der Waals surface area contributed by atoms with E-state index in [1.165, 1.54) is 16.0 Å². The fraction of sp³-hybridized carbons (Fsp3) is 0.412. The minimum absolute atomic E-state index is 1.03. The van der Waals surface area contributed by atoms with Crippen LogP contribution in [-0.4, -0.2) is 32.1 Å². The first-order valence-electron chi connectivity index (χ1n) is 7.21. The van der Waals surface area contributed by atoms with E-state index < -0.39 is 0 Å². The minimum Gasteiger partial charge on any atom is -0.319 e. The average molecular weight is 288 g/mol. The number of hydrogen-bond acceptors (Lipinski definition) is 3. The second-order valence-electron chi connectivity index (χ2n) is 5.24. The molecule has 0 aliphatic carbocycles. The van der Waals surface area contributed by atoms with E-state index in [1.54, 1.807) is 0 Å². The molecule has 0 unspecified atom stereocenters. The number of benzene rings is 1. The number of nitrogens with one attached hydrogen (secondary N) is 1. The first-order valence-corrected chi connectivity index (χ1v) is 8.09. The molecule has 0 saturated carbocycles. The van der Waals surface area contributed by atoms with Gasteiger partial charge in [0.25, 0.3) is 0 Å². The van der Waals surface area contributed by atoms with E-state index in [2.05, 4.69) is 59.0 Å². The molecule has 108 valence electrons. The maximum absolute atomic E-state index is 3.19. The van der Waals surface area contributed by atoms with Gasteiger partial charge >= 0.3 is 0 Å². The molecule has 3 heteroatoms. The summed E-state index contributed by atoms with van der Waals surface area (Å²) >= 11 is 1.85. The molecule has 0 spiro atoms. The second kappa shape index (κ2) is 8.20. The predicted molar refractivity (Wildman–Crippen MR) is 88.4 cm³/mol. The van der Waals surface area contributed by atoms with E-state index in [0.717, 1.165) is 32.5 Å². The summed E-state index contributed by atoms with van der Waals surface area (Å²) in [7, 11) is 4.19. The van der Waals surface area contributed by atoms with Crippen molar-refractivity contribution in [2.45, 2.75) is 19.4 Å². The number of nitrogens with zero attached hydrogens (tertiary/aromatic N) is 1. The maximum Gasteiger partial charge on any atom is 0.0230 e. The van der Waals surface area contributed by atoms with Gasteiger partial charge in [0.05, 0.1) is 0 Å². The van der Waals surface area contributed by atoms with Crippen LogP contribution in [0, 0.1) is 0 Å². The van der Waals surface area contributed by atoms with Crippen LogP contribution in [0.15, 0.2) is 41.8 Å². The summed E-state index contributed by atoms with van der Waals surface area (Å²) in [5.41, 5.74) is 2.80. The Morgan fingerprint density at radius 3 is 2.45 bits per heavy atom. The molecule has 20 heavy (non-hydrogen) atoms. The molecule has 0 bridgehead atoms. The highest BCUT2D eigenvalue weighted by atomic mass is 32.1. The summed E-state index contributed by atoms with van der Waals surface area (Å²) in [6.07, 6.45) is 2.25. The molecule has 2 aromatic rings. The summed E-state index contributed by atoms with van der Waals surface area (Å²) in [4.78, 5) is 3.86. The van der Waals surface area contributed by atoms with Crippen molar-refractivity contribution in [1.82, 2.24) is 10.2 Å². The summed E-state index contributed by atoms with van der Waals surface area (Å²) < 4.78 is 0. The van der Waals surface area contributed by atoms with Crippen LogP contribution in [-0.2, 0) is 19.4 Å². The summed E-state index contributed by atoms with van der Waals surface area (Å²) in [6, 6.07) is 13.4. The van der Waals surface area contributed by atoms with Gasteiger partial charge < -0.3 is 10.2 Å². The van der Waals surface area contributed by atoms with E-state index in [-0.39, 0.29) is 0 Å². The van der Waals surface area contributed by atoms with Crippen molar-refractivity contribution in [2.24, 2.45) is 0 Å². The molecule has 0 aliphatic heterocycles. The predicted octanol–water partition coefficient (Wildman–Crippen LogP) is 3.18. The lowest BCUT2D eigenvalue weighted by Gasteiger charge is -2.16. The fourth-order valence-corrected chi connectivity index (χ4v) is 2.93. The molecule has 1 aromatic heterocycles. The quantitative estimate of drug-likeness (QED) is 0.802. The molecule has 0 radical (unpaired) electrons. The van der Waals surface area contributed by atoms with E-state index >= 15 is 0 Å². The fourth-order valence-electron chi connectivity index (χ4n) is 2.23. The van der Waals surface area contributed by atoms with Gasteiger partial charge in [-0.1, -0.05) is 30.3 Å². The van der Waals surface area contributed by atoms with Gasteiger partial charge in [0.2, 0.25) is 0 Å². The summed E-state index contributed by atoms with van der Waals surface area (Å²) in [5, 5.41) is 5.34. The van der Waals surface area contributed by atoms with E-state index in [0.29, 0.717) is 0 Å². The highest BCUT2D eigenvalue weighted by molar-refractivity contribution is 7.09. The first-order chi connectivity index (χ1) is 9.78. The van der Waals surface area contributed by atoms with E-state index in [9.17, 15) is 0 Å². The van der Waals surface area contributed by atoms with Crippen LogP contribution >= 0.6 is 11.3 Å². The molecule has 2 nitrogen and oxygen atoms in total. The molecule has 0 atom stereocenters. The topological polar surface area (TPSA) is 15.3 Å². The van der Waals surface area contributed by atoms with Gasteiger partial charge in [-0.2, -0.15) is 0 Å². The van der Waals surface area contributed by atoms with Gasteiger partial charge in [-0.3, -0.25) is 0 Å². The Bertz CT molecular complexity index is 476. The molecule has 0 aliphatic rings. The van der Waals surface area contributed by atoms with Crippen LogP contribution in [0.25, 0.3) is 0 Å². The number of likely N-dealkylation sites (N-methyl/N-ethyl adjacent to an activating group) is 2. The molecule has 1 heterocycles. The van der Waals surface area contributed by atoms with Crippen LogP contribution in [0.1, 0.15) is 16.0 Å². The minimum atomic E-state index is 1.03. The van der Waals surface area contributed by atoms with E-state index in [4.69, 9.17) is 0 Å². The Kier molecular flexibility index (Phi) is 6.25. The van der Waals surface area contributed by atoms with E-state index in [1.807, 2.05) is 18.4 Å². The zero-order chi connectivity index (χ0) is 14.2. The lowest BCUT2D eigenvalue weighted by Crippen LogP contribution is -2.20. The van der Waals surface area contributed by atoms with Crippen molar-refractivity contribution < 1.29 is 0 Å². The molecule has 0 amide bonds. The molecule has 0 saturated heterocycles. The monoisotopic (exact) mass is 288 g/mol. The Hall–Kier alpha value is -1.16. The van der Waals surface area contributed by atoms with Crippen molar-refractivity contribution >= 4 is 11.3 Å². The standard InChI is InChI=1S/C17H24N2S/c1-18-11-9-15-5-7-16(8-6-15)14-19(2)12-10-17-4-3-13-20-17/h3-8,13,18H,9-12,14H2,1-2H3. The zero-order valence-electron chi connectivity index (χ0n) is 12.4. The van der Waals surface area contributed by atoms with Crippen LogP contribution in [0.2, 0.25) is 0 Å². The normalized spacial score (nSPS) is 11.2. The third kappa shape index (κ3) is 5.08. The average Bonchev–Trinajstić information content (AvgIpc) is 2.98. The van der Waals surface area contributed by atoms with Crippen molar-refractivity contribution in [1.29, 1.82) is 0 Å². The number of rotatable bonds is 8. The van der Waals surface area contributed by atoms with Crippen LogP contribution in [0.3, 0.4) is 0 Å². The number of hydrogen-bond donors (Lipinski definition) is 1. The summed E-state index contributed by atoms with van der Waals surface area (Å²) in [6.45, 7) is 3.18. The largest absolute Gasteiger partial charge is 0.319 e. The van der Waals surface area contributed by atoms with Gasteiger partial charge in [-0.25, -0.2) is 0 Å². The van der Waals surface area contributed by atoms with Gasteiger partial charge in [0.1, 0.15) is 0 Å². The van der Waals surface area contributed by atoms with Crippen molar-refractivity contribution in [3.8, 4) is 0 Å². The SMILES string of the molecule is CNCCc1ccc(CN(C)CCc2cccs2)cc1.